The van der Waals surface area contributed by atoms with Gasteiger partial charge in [-0.2, -0.15) is 0 Å². The number of anilines is 1. The van der Waals surface area contributed by atoms with Crippen LogP contribution in [0.25, 0.3) is 10.8 Å². The summed E-state index contributed by atoms with van der Waals surface area (Å²) in [6.07, 6.45) is 0.427. The van der Waals surface area contributed by atoms with Crippen molar-refractivity contribution >= 4 is 22.4 Å². The van der Waals surface area contributed by atoms with Crippen molar-refractivity contribution in [3.63, 3.8) is 0 Å². The Morgan fingerprint density at radius 2 is 1.75 bits per heavy atom. The van der Waals surface area contributed by atoms with Crippen molar-refractivity contribution in [1.29, 1.82) is 0 Å². The second kappa shape index (κ2) is 8.51. The molecule has 5 rings (SSSR count). The van der Waals surface area contributed by atoms with Crippen molar-refractivity contribution in [2.24, 2.45) is 0 Å². The van der Waals surface area contributed by atoms with E-state index in [0.717, 1.165) is 22.6 Å². The number of hydrogen-bond donors (Lipinski definition) is 0. The van der Waals surface area contributed by atoms with Crippen molar-refractivity contribution in [1.82, 2.24) is 0 Å². The molecule has 0 saturated heterocycles. The number of fused-ring (bicyclic) bond motifs is 3. The van der Waals surface area contributed by atoms with Crippen LogP contribution in [-0.2, 0) is 11.3 Å². The highest BCUT2D eigenvalue weighted by Gasteiger charge is 2.35. The Hall–Kier alpha value is -3.59. The zero-order valence-corrected chi connectivity index (χ0v) is 18.5. The van der Waals surface area contributed by atoms with E-state index in [0.29, 0.717) is 19.6 Å². The molecule has 0 spiro atoms. The fraction of sp³-hybridized carbons (Fsp3) is 0.207. The molecule has 3 heteroatoms. The fourth-order valence-corrected chi connectivity index (χ4v) is 4.89. The predicted molar refractivity (Wildman–Crippen MR) is 130 cm³/mol. The number of carbonyl (C=O) groups excluding carboxylic acids is 1. The number of carbonyl (C=O) groups is 1. The van der Waals surface area contributed by atoms with E-state index in [-0.39, 0.29) is 11.8 Å². The highest BCUT2D eigenvalue weighted by Crippen LogP contribution is 2.46. The minimum absolute atomic E-state index is 0.0416. The molecule has 0 bridgehead atoms. The fourth-order valence-electron chi connectivity index (χ4n) is 4.89. The summed E-state index contributed by atoms with van der Waals surface area (Å²) in [5, 5.41) is 2.39. The van der Waals surface area contributed by atoms with E-state index in [2.05, 4.69) is 73.7 Å². The number of hydrogen-bond acceptors (Lipinski definition) is 2. The summed E-state index contributed by atoms with van der Waals surface area (Å²) in [5.41, 5.74) is 5.63. The van der Waals surface area contributed by atoms with Crippen LogP contribution in [0.4, 0.5) is 5.69 Å². The Balaban J connectivity index is 1.69. The summed E-state index contributed by atoms with van der Waals surface area (Å²) in [7, 11) is 0. The van der Waals surface area contributed by atoms with Gasteiger partial charge in [-0.05, 0) is 47.9 Å². The molecule has 0 fully saturated rings. The number of ether oxygens (including phenoxy) is 1. The van der Waals surface area contributed by atoms with Crippen molar-refractivity contribution in [2.75, 3.05) is 11.5 Å². The number of aryl methyl sites for hydroxylation is 1. The van der Waals surface area contributed by atoms with Crippen LogP contribution in [0.2, 0.25) is 0 Å². The van der Waals surface area contributed by atoms with E-state index in [1.807, 2.05) is 30.0 Å². The summed E-state index contributed by atoms with van der Waals surface area (Å²) in [6, 6.07) is 29.2. The monoisotopic (exact) mass is 421 g/mol. The summed E-state index contributed by atoms with van der Waals surface area (Å²) < 4.78 is 5.96. The van der Waals surface area contributed by atoms with Gasteiger partial charge in [-0.15, -0.1) is 0 Å². The molecule has 1 unspecified atom stereocenters. The van der Waals surface area contributed by atoms with E-state index in [4.69, 9.17) is 4.74 Å². The van der Waals surface area contributed by atoms with E-state index < -0.39 is 0 Å². The molecule has 0 N–H and O–H groups in total. The van der Waals surface area contributed by atoms with Gasteiger partial charge in [0.05, 0.1) is 13.2 Å². The molecule has 1 atom stereocenters. The quantitative estimate of drug-likeness (QED) is 0.363. The van der Waals surface area contributed by atoms with Gasteiger partial charge < -0.3 is 9.64 Å². The molecule has 4 aromatic carbocycles. The molecular formula is C29H27NO2. The summed E-state index contributed by atoms with van der Waals surface area (Å²) >= 11 is 0. The summed E-state index contributed by atoms with van der Waals surface area (Å²) in [4.78, 5) is 15.5. The van der Waals surface area contributed by atoms with Gasteiger partial charge in [0.1, 0.15) is 5.75 Å². The van der Waals surface area contributed by atoms with Crippen LogP contribution in [0.15, 0.2) is 84.9 Å². The van der Waals surface area contributed by atoms with Gasteiger partial charge in [0, 0.05) is 23.6 Å². The molecular weight excluding hydrogens is 394 g/mol. The maximum absolute atomic E-state index is 13.5. The zero-order valence-electron chi connectivity index (χ0n) is 18.5. The third kappa shape index (κ3) is 3.64. The lowest BCUT2D eigenvalue weighted by molar-refractivity contribution is -0.119. The van der Waals surface area contributed by atoms with Crippen LogP contribution in [-0.4, -0.2) is 12.5 Å². The highest BCUT2D eigenvalue weighted by molar-refractivity contribution is 6.03. The van der Waals surface area contributed by atoms with Gasteiger partial charge in [0.25, 0.3) is 0 Å². The molecule has 0 radical (unpaired) electrons. The van der Waals surface area contributed by atoms with Crippen LogP contribution in [0, 0.1) is 6.92 Å². The van der Waals surface area contributed by atoms with Gasteiger partial charge in [-0.3, -0.25) is 4.79 Å². The topological polar surface area (TPSA) is 29.5 Å². The Kier molecular flexibility index (Phi) is 5.40. The maximum Gasteiger partial charge on any atom is 0.228 e. The zero-order chi connectivity index (χ0) is 22.1. The largest absolute Gasteiger partial charge is 0.494 e. The van der Waals surface area contributed by atoms with Crippen LogP contribution in [0.3, 0.4) is 0 Å². The number of amides is 1. The van der Waals surface area contributed by atoms with Crippen molar-refractivity contribution in [2.45, 2.75) is 32.7 Å². The Bertz CT molecular complexity index is 1290. The first-order chi connectivity index (χ1) is 15.7. The van der Waals surface area contributed by atoms with Crippen LogP contribution >= 0.6 is 0 Å². The first kappa shape index (κ1) is 20.3. The summed E-state index contributed by atoms with van der Waals surface area (Å²) in [6.45, 7) is 5.25. The second-order valence-electron chi connectivity index (χ2n) is 8.42. The molecule has 32 heavy (non-hydrogen) atoms. The van der Waals surface area contributed by atoms with Crippen LogP contribution in [0.1, 0.15) is 41.5 Å². The lowest BCUT2D eigenvalue weighted by Gasteiger charge is -2.36. The number of nitrogens with zero attached hydrogens (tertiary/aromatic N) is 1. The molecule has 1 aliphatic rings. The molecule has 1 aliphatic heterocycles. The average molecular weight is 422 g/mol. The van der Waals surface area contributed by atoms with E-state index >= 15 is 0 Å². The minimum Gasteiger partial charge on any atom is -0.494 e. The van der Waals surface area contributed by atoms with Crippen molar-refractivity contribution in [3.8, 4) is 5.75 Å². The van der Waals surface area contributed by atoms with Crippen molar-refractivity contribution in [3.05, 3.63) is 107 Å². The Morgan fingerprint density at radius 1 is 0.938 bits per heavy atom. The third-order valence-electron chi connectivity index (χ3n) is 6.28. The van der Waals surface area contributed by atoms with Crippen LogP contribution < -0.4 is 9.64 Å². The van der Waals surface area contributed by atoms with E-state index in [1.54, 1.807) is 0 Å². The normalized spacial score (nSPS) is 15.6. The van der Waals surface area contributed by atoms with Gasteiger partial charge in [-0.25, -0.2) is 0 Å². The third-order valence-corrected chi connectivity index (χ3v) is 6.28. The first-order valence-corrected chi connectivity index (χ1v) is 11.2. The van der Waals surface area contributed by atoms with Gasteiger partial charge >= 0.3 is 0 Å². The van der Waals surface area contributed by atoms with E-state index in [9.17, 15) is 4.79 Å². The first-order valence-electron chi connectivity index (χ1n) is 11.2. The number of para-hydroxylation sites is 1. The lowest BCUT2D eigenvalue weighted by atomic mass is 9.80. The Morgan fingerprint density at radius 3 is 2.59 bits per heavy atom. The van der Waals surface area contributed by atoms with Gasteiger partial charge in [-0.1, -0.05) is 78.4 Å². The Labute approximate surface area is 189 Å². The molecule has 160 valence electrons. The van der Waals surface area contributed by atoms with Crippen LogP contribution in [0.5, 0.6) is 5.75 Å². The molecule has 1 amide bonds. The SMILES string of the molecule is CCOc1ccccc1C1CC(=O)N(Cc2cccc(C)c2)c2ccc3ccccc3c21. The predicted octanol–water partition coefficient (Wildman–Crippen LogP) is 6.62. The lowest BCUT2D eigenvalue weighted by Crippen LogP contribution is -2.36. The van der Waals surface area contributed by atoms with Gasteiger partial charge in [0.15, 0.2) is 0 Å². The standard InChI is InChI=1S/C29H27NO2/c1-3-32-27-14-7-6-13-24(27)25-18-28(31)30(19-21-10-8-9-20(2)17-21)26-16-15-22-11-4-5-12-23(22)29(25)26/h4-17,25H,3,18-19H2,1-2H3. The van der Waals surface area contributed by atoms with Gasteiger partial charge in [0.2, 0.25) is 5.91 Å². The minimum atomic E-state index is -0.0416. The number of benzene rings is 4. The average Bonchev–Trinajstić information content (AvgIpc) is 2.81. The number of rotatable bonds is 5. The summed E-state index contributed by atoms with van der Waals surface area (Å²) in [5.74, 6) is 0.963. The van der Waals surface area contributed by atoms with Crippen molar-refractivity contribution < 1.29 is 9.53 Å². The maximum atomic E-state index is 13.5. The molecule has 3 nitrogen and oxygen atoms in total. The molecule has 4 aromatic rings. The van der Waals surface area contributed by atoms with E-state index in [1.165, 1.54) is 21.9 Å². The molecule has 0 aliphatic carbocycles. The highest BCUT2D eigenvalue weighted by atomic mass is 16.5. The molecule has 0 aromatic heterocycles. The molecule has 0 saturated carbocycles. The molecule has 1 heterocycles. The smallest absolute Gasteiger partial charge is 0.228 e. The second-order valence-corrected chi connectivity index (χ2v) is 8.42.